The van der Waals surface area contributed by atoms with Gasteiger partial charge in [0.15, 0.2) is 34.5 Å². The van der Waals surface area contributed by atoms with Gasteiger partial charge in [0.2, 0.25) is 6.79 Å². The topological polar surface area (TPSA) is 104 Å². The molecule has 2 aliphatic rings. The molecule has 2 N–H and O–H groups in total. The average Bonchev–Trinajstić information content (AvgIpc) is 3.22. The van der Waals surface area contributed by atoms with Crippen molar-refractivity contribution in [3.8, 4) is 23.0 Å². The third kappa shape index (κ3) is 3.57. The van der Waals surface area contributed by atoms with Crippen LogP contribution >= 0.6 is 0 Å². The second kappa shape index (κ2) is 7.19. The number of rotatable bonds is 4. The van der Waals surface area contributed by atoms with Gasteiger partial charge in [-0.15, -0.1) is 10.2 Å². The summed E-state index contributed by atoms with van der Waals surface area (Å²) in [6, 6.07) is 14.0. The Balaban J connectivity index is 1.25. The van der Waals surface area contributed by atoms with Crippen molar-refractivity contribution in [2.75, 3.05) is 30.6 Å². The Labute approximate surface area is 165 Å². The van der Waals surface area contributed by atoms with Crippen LogP contribution in [-0.4, -0.2) is 36.1 Å². The summed E-state index contributed by atoms with van der Waals surface area (Å²) >= 11 is 0. The van der Waals surface area contributed by atoms with E-state index in [0.717, 1.165) is 5.69 Å². The van der Waals surface area contributed by atoms with E-state index in [1.165, 1.54) is 0 Å². The largest absolute Gasteiger partial charge is 0.486 e. The molecule has 5 rings (SSSR count). The summed E-state index contributed by atoms with van der Waals surface area (Å²) in [5.41, 5.74) is 1.55. The number of fused-ring (bicyclic) bond motifs is 2. The van der Waals surface area contributed by atoms with Crippen molar-refractivity contribution in [2.24, 2.45) is 0 Å². The predicted molar refractivity (Wildman–Crippen MR) is 103 cm³/mol. The number of anilines is 3. The Kier molecular flexibility index (Phi) is 4.24. The van der Waals surface area contributed by atoms with Crippen LogP contribution in [0.25, 0.3) is 0 Å². The summed E-state index contributed by atoms with van der Waals surface area (Å²) in [4.78, 5) is 12.4. The van der Waals surface area contributed by atoms with E-state index in [9.17, 15) is 4.79 Å². The molecule has 3 heterocycles. The van der Waals surface area contributed by atoms with Crippen molar-refractivity contribution >= 4 is 23.1 Å². The highest BCUT2D eigenvalue weighted by Crippen LogP contribution is 2.35. The average molecular weight is 392 g/mol. The van der Waals surface area contributed by atoms with Gasteiger partial charge < -0.3 is 29.6 Å². The second-order valence-electron chi connectivity index (χ2n) is 6.31. The maximum Gasteiger partial charge on any atom is 0.276 e. The second-order valence-corrected chi connectivity index (χ2v) is 6.31. The van der Waals surface area contributed by atoms with E-state index in [2.05, 4.69) is 20.8 Å². The minimum absolute atomic E-state index is 0.191. The molecule has 29 heavy (non-hydrogen) atoms. The summed E-state index contributed by atoms with van der Waals surface area (Å²) in [6.45, 7) is 1.21. The summed E-state index contributed by atoms with van der Waals surface area (Å²) in [7, 11) is 0. The summed E-state index contributed by atoms with van der Waals surface area (Å²) in [5.74, 6) is 2.76. The van der Waals surface area contributed by atoms with Crippen LogP contribution < -0.4 is 29.6 Å². The molecule has 2 aromatic carbocycles. The third-order valence-electron chi connectivity index (χ3n) is 4.34. The highest BCUT2D eigenvalue weighted by atomic mass is 16.7. The van der Waals surface area contributed by atoms with Gasteiger partial charge in [0, 0.05) is 23.5 Å². The molecule has 0 fully saturated rings. The number of nitrogens with one attached hydrogen (secondary N) is 2. The fourth-order valence-electron chi connectivity index (χ4n) is 2.96. The van der Waals surface area contributed by atoms with E-state index in [4.69, 9.17) is 18.9 Å². The van der Waals surface area contributed by atoms with Gasteiger partial charge in [-0.25, -0.2) is 0 Å². The van der Waals surface area contributed by atoms with Crippen molar-refractivity contribution in [3.05, 3.63) is 54.2 Å². The molecule has 2 aliphatic heterocycles. The van der Waals surface area contributed by atoms with Gasteiger partial charge in [0.1, 0.15) is 13.2 Å². The molecule has 9 heteroatoms. The fraction of sp³-hybridized carbons (Fsp3) is 0.150. The molecule has 0 saturated carbocycles. The minimum Gasteiger partial charge on any atom is -0.486 e. The van der Waals surface area contributed by atoms with Gasteiger partial charge in [-0.3, -0.25) is 4.79 Å². The zero-order valence-corrected chi connectivity index (χ0v) is 15.2. The Morgan fingerprint density at radius 3 is 2.28 bits per heavy atom. The standard InChI is InChI=1S/C20H16N4O5/c25-20(22-13-2-4-15-17(10-13)27-8-7-26-15)14-3-6-19(24-23-14)21-12-1-5-16-18(9-12)29-11-28-16/h1-6,9-10H,7-8,11H2,(H,21,24)(H,22,25). The number of aromatic nitrogens is 2. The predicted octanol–water partition coefficient (Wildman–Crippen LogP) is 2.97. The molecule has 1 amide bonds. The van der Waals surface area contributed by atoms with Gasteiger partial charge in [-0.05, 0) is 36.4 Å². The van der Waals surface area contributed by atoms with Crippen molar-refractivity contribution in [2.45, 2.75) is 0 Å². The van der Waals surface area contributed by atoms with Crippen LogP contribution in [0.15, 0.2) is 48.5 Å². The van der Waals surface area contributed by atoms with E-state index in [1.807, 2.05) is 18.2 Å². The Bertz CT molecular complexity index is 1070. The minimum atomic E-state index is -0.371. The lowest BCUT2D eigenvalue weighted by atomic mass is 10.2. The molecule has 0 radical (unpaired) electrons. The van der Waals surface area contributed by atoms with Crippen LogP contribution in [0.4, 0.5) is 17.2 Å². The quantitative estimate of drug-likeness (QED) is 0.698. The highest BCUT2D eigenvalue weighted by molar-refractivity contribution is 6.03. The first kappa shape index (κ1) is 17.1. The molecular formula is C20H16N4O5. The maximum absolute atomic E-state index is 12.4. The molecule has 146 valence electrons. The third-order valence-corrected chi connectivity index (χ3v) is 4.34. The number of nitrogens with zero attached hydrogens (tertiary/aromatic N) is 2. The first-order chi connectivity index (χ1) is 14.2. The van der Waals surface area contributed by atoms with Crippen molar-refractivity contribution < 1.29 is 23.7 Å². The van der Waals surface area contributed by atoms with Crippen LogP contribution in [0.5, 0.6) is 23.0 Å². The van der Waals surface area contributed by atoms with Gasteiger partial charge in [0.25, 0.3) is 5.91 Å². The normalized spacial score (nSPS) is 13.7. The van der Waals surface area contributed by atoms with E-state index in [1.54, 1.807) is 30.3 Å². The van der Waals surface area contributed by atoms with E-state index >= 15 is 0 Å². The van der Waals surface area contributed by atoms with Crippen LogP contribution in [0.1, 0.15) is 10.5 Å². The van der Waals surface area contributed by atoms with Crippen LogP contribution in [0.3, 0.4) is 0 Å². The van der Waals surface area contributed by atoms with E-state index in [0.29, 0.717) is 47.7 Å². The van der Waals surface area contributed by atoms with Crippen molar-refractivity contribution in [1.29, 1.82) is 0 Å². The summed E-state index contributed by atoms with van der Waals surface area (Å²) in [6.07, 6.45) is 0. The summed E-state index contributed by atoms with van der Waals surface area (Å²) in [5, 5.41) is 13.9. The Morgan fingerprint density at radius 1 is 0.759 bits per heavy atom. The maximum atomic E-state index is 12.4. The van der Waals surface area contributed by atoms with Crippen LogP contribution in [-0.2, 0) is 0 Å². The van der Waals surface area contributed by atoms with Crippen LogP contribution in [0, 0.1) is 0 Å². The molecule has 1 aromatic heterocycles. The highest BCUT2D eigenvalue weighted by Gasteiger charge is 2.15. The molecule has 0 atom stereocenters. The summed E-state index contributed by atoms with van der Waals surface area (Å²) < 4.78 is 21.6. The molecular weight excluding hydrogens is 376 g/mol. The fourth-order valence-corrected chi connectivity index (χ4v) is 2.96. The molecule has 0 spiro atoms. The van der Waals surface area contributed by atoms with Gasteiger partial charge >= 0.3 is 0 Å². The van der Waals surface area contributed by atoms with Gasteiger partial charge in [0.05, 0.1) is 0 Å². The zero-order chi connectivity index (χ0) is 19.6. The number of hydrogen-bond acceptors (Lipinski definition) is 8. The van der Waals surface area contributed by atoms with Crippen molar-refractivity contribution in [3.63, 3.8) is 0 Å². The number of carbonyl (C=O) groups excluding carboxylic acids is 1. The monoisotopic (exact) mass is 392 g/mol. The number of amides is 1. The molecule has 0 saturated heterocycles. The van der Waals surface area contributed by atoms with Gasteiger partial charge in [-0.2, -0.15) is 0 Å². The molecule has 0 aliphatic carbocycles. The molecule has 9 nitrogen and oxygen atoms in total. The van der Waals surface area contributed by atoms with Crippen LogP contribution in [0.2, 0.25) is 0 Å². The zero-order valence-electron chi connectivity index (χ0n) is 15.2. The van der Waals surface area contributed by atoms with Crippen molar-refractivity contribution in [1.82, 2.24) is 10.2 Å². The lowest BCUT2D eigenvalue weighted by molar-refractivity contribution is 0.102. The van der Waals surface area contributed by atoms with E-state index in [-0.39, 0.29) is 18.4 Å². The number of carbonyl (C=O) groups is 1. The van der Waals surface area contributed by atoms with Gasteiger partial charge in [-0.1, -0.05) is 0 Å². The molecule has 3 aromatic rings. The SMILES string of the molecule is O=C(Nc1ccc2c(c1)OCCO2)c1ccc(Nc2ccc3c(c2)OCO3)nn1. The number of hydrogen-bond donors (Lipinski definition) is 2. The number of ether oxygens (including phenoxy) is 4. The van der Waals surface area contributed by atoms with E-state index < -0.39 is 0 Å². The Morgan fingerprint density at radius 2 is 1.45 bits per heavy atom. The first-order valence-corrected chi connectivity index (χ1v) is 8.96. The number of benzene rings is 2. The molecule has 0 bridgehead atoms. The molecule has 0 unspecified atom stereocenters. The lowest BCUT2D eigenvalue weighted by Gasteiger charge is -2.18. The smallest absolute Gasteiger partial charge is 0.276 e. The first-order valence-electron chi connectivity index (χ1n) is 8.96. The lowest BCUT2D eigenvalue weighted by Crippen LogP contribution is -2.17. The Hall–Kier alpha value is -4.01.